The highest BCUT2D eigenvalue weighted by Crippen LogP contribution is 2.29. The van der Waals surface area contributed by atoms with E-state index < -0.39 is 0 Å². The molecule has 5 heteroatoms. The van der Waals surface area contributed by atoms with Gasteiger partial charge in [-0.1, -0.05) is 29.8 Å². The summed E-state index contributed by atoms with van der Waals surface area (Å²) in [4.78, 5) is 12.0. The van der Waals surface area contributed by atoms with Crippen LogP contribution in [0.1, 0.15) is 5.56 Å². The highest BCUT2D eigenvalue weighted by molar-refractivity contribution is 5.93. The molecule has 0 unspecified atom stereocenters. The summed E-state index contributed by atoms with van der Waals surface area (Å²) in [6.07, 6.45) is 1.55. The number of aryl methyl sites for hydroxylation is 1. The van der Waals surface area contributed by atoms with E-state index in [2.05, 4.69) is 39.3 Å². The number of nitrogens with one attached hydrogen (secondary N) is 2. The van der Waals surface area contributed by atoms with Crippen molar-refractivity contribution in [2.75, 3.05) is 11.1 Å². The number of nitrogens with two attached hydrogens (primary N) is 1. The van der Waals surface area contributed by atoms with Gasteiger partial charge in [0, 0.05) is 22.6 Å². The predicted octanol–water partition coefficient (Wildman–Crippen LogP) is 4.26. The van der Waals surface area contributed by atoms with E-state index in [1.807, 2.05) is 42.5 Å². The molecule has 2 aromatic heterocycles. The van der Waals surface area contributed by atoms with Gasteiger partial charge < -0.3 is 16.0 Å². The first-order valence-corrected chi connectivity index (χ1v) is 7.72. The fraction of sp³-hybridized carbons (Fsp3) is 0.0526. The highest BCUT2D eigenvalue weighted by Gasteiger charge is 2.10. The van der Waals surface area contributed by atoms with E-state index in [9.17, 15) is 0 Å². The Balaban J connectivity index is 1.76. The van der Waals surface area contributed by atoms with Crippen LogP contribution in [0.3, 0.4) is 0 Å². The maximum Gasteiger partial charge on any atom is 0.143 e. The fourth-order valence-electron chi connectivity index (χ4n) is 2.67. The maximum absolute atomic E-state index is 5.88. The van der Waals surface area contributed by atoms with Gasteiger partial charge in [-0.25, -0.2) is 9.97 Å². The molecular weight excluding hydrogens is 298 g/mol. The number of hydrogen-bond acceptors (Lipinski definition) is 4. The molecule has 0 saturated heterocycles. The third-order valence-electron chi connectivity index (χ3n) is 3.94. The van der Waals surface area contributed by atoms with Gasteiger partial charge in [-0.05, 0) is 37.3 Å². The van der Waals surface area contributed by atoms with Crippen molar-refractivity contribution in [3.8, 4) is 11.3 Å². The molecule has 0 aliphatic carbocycles. The minimum absolute atomic E-state index is 0.732. The second-order valence-corrected chi connectivity index (χ2v) is 5.78. The van der Waals surface area contributed by atoms with Gasteiger partial charge in [-0.15, -0.1) is 0 Å². The van der Waals surface area contributed by atoms with Gasteiger partial charge in [-0.2, -0.15) is 0 Å². The molecule has 4 N–H and O–H groups in total. The first kappa shape index (κ1) is 14.3. The van der Waals surface area contributed by atoms with E-state index in [0.717, 1.165) is 39.5 Å². The summed E-state index contributed by atoms with van der Waals surface area (Å²) in [5, 5.41) is 4.29. The van der Waals surface area contributed by atoms with Gasteiger partial charge in [0.15, 0.2) is 0 Å². The molecule has 2 heterocycles. The number of H-pyrrole nitrogens is 1. The molecule has 4 aromatic rings. The molecule has 0 aliphatic heterocycles. The molecule has 0 bridgehead atoms. The number of hydrogen-bond donors (Lipinski definition) is 3. The minimum atomic E-state index is 0.732. The van der Waals surface area contributed by atoms with E-state index in [0.29, 0.717) is 0 Å². The Bertz CT molecular complexity index is 1000. The van der Waals surface area contributed by atoms with Crippen molar-refractivity contribution in [2.24, 2.45) is 0 Å². The van der Waals surface area contributed by atoms with E-state index in [1.165, 1.54) is 5.56 Å². The van der Waals surface area contributed by atoms with Crippen molar-refractivity contribution in [3.05, 3.63) is 66.5 Å². The average molecular weight is 315 g/mol. The van der Waals surface area contributed by atoms with Crippen molar-refractivity contribution in [1.29, 1.82) is 0 Å². The lowest BCUT2D eigenvalue weighted by atomic mass is 10.1. The lowest BCUT2D eigenvalue weighted by Crippen LogP contribution is -1.94. The predicted molar refractivity (Wildman–Crippen MR) is 98.2 cm³/mol. The molecule has 2 aromatic carbocycles. The average Bonchev–Trinajstić information content (AvgIpc) is 3.02. The third-order valence-corrected chi connectivity index (χ3v) is 3.94. The molecule has 0 fully saturated rings. The van der Waals surface area contributed by atoms with E-state index >= 15 is 0 Å². The summed E-state index contributed by atoms with van der Waals surface area (Å²) < 4.78 is 0. The SMILES string of the molecule is Cc1ccc(Nc2ncnc3[nH]c(-c4cccc(N)c4)cc23)cc1. The lowest BCUT2D eigenvalue weighted by molar-refractivity contribution is 1.20. The molecule has 0 amide bonds. The number of aromatic amines is 1. The first-order valence-electron chi connectivity index (χ1n) is 7.72. The van der Waals surface area contributed by atoms with Crippen LogP contribution in [-0.4, -0.2) is 15.0 Å². The number of benzene rings is 2. The Morgan fingerprint density at radius 2 is 1.83 bits per heavy atom. The highest BCUT2D eigenvalue weighted by atomic mass is 15.0. The van der Waals surface area contributed by atoms with Gasteiger partial charge >= 0.3 is 0 Å². The van der Waals surface area contributed by atoms with Crippen LogP contribution >= 0.6 is 0 Å². The van der Waals surface area contributed by atoms with Crippen molar-refractivity contribution >= 4 is 28.2 Å². The van der Waals surface area contributed by atoms with Gasteiger partial charge in [0.25, 0.3) is 0 Å². The van der Waals surface area contributed by atoms with Gasteiger partial charge in [0.05, 0.1) is 5.39 Å². The Kier molecular flexibility index (Phi) is 3.39. The Morgan fingerprint density at radius 1 is 1.00 bits per heavy atom. The lowest BCUT2D eigenvalue weighted by Gasteiger charge is -2.06. The van der Waals surface area contributed by atoms with Crippen LogP contribution in [0.4, 0.5) is 17.2 Å². The molecule has 0 saturated carbocycles. The van der Waals surface area contributed by atoms with E-state index in [-0.39, 0.29) is 0 Å². The summed E-state index contributed by atoms with van der Waals surface area (Å²) in [6.45, 7) is 2.07. The molecule has 0 radical (unpaired) electrons. The fourth-order valence-corrected chi connectivity index (χ4v) is 2.67. The number of nitrogens with zero attached hydrogens (tertiary/aromatic N) is 2. The van der Waals surface area contributed by atoms with Crippen LogP contribution in [0.25, 0.3) is 22.3 Å². The quantitative estimate of drug-likeness (QED) is 0.494. The topological polar surface area (TPSA) is 79.6 Å². The van der Waals surface area contributed by atoms with Crippen LogP contribution in [-0.2, 0) is 0 Å². The Hall–Kier alpha value is -3.34. The van der Waals surface area contributed by atoms with Gasteiger partial charge in [0.1, 0.15) is 17.8 Å². The molecule has 118 valence electrons. The first-order chi connectivity index (χ1) is 11.7. The molecule has 24 heavy (non-hydrogen) atoms. The third kappa shape index (κ3) is 2.67. The number of rotatable bonds is 3. The van der Waals surface area contributed by atoms with Crippen LogP contribution in [0.5, 0.6) is 0 Å². The van der Waals surface area contributed by atoms with E-state index in [4.69, 9.17) is 5.73 Å². The number of anilines is 3. The molecule has 5 nitrogen and oxygen atoms in total. The molecular formula is C19H17N5. The van der Waals surface area contributed by atoms with Crippen LogP contribution in [0, 0.1) is 6.92 Å². The van der Waals surface area contributed by atoms with Crippen LogP contribution in [0.2, 0.25) is 0 Å². The number of fused-ring (bicyclic) bond motifs is 1. The summed E-state index contributed by atoms with van der Waals surface area (Å²) >= 11 is 0. The van der Waals surface area contributed by atoms with Gasteiger partial charge in [-0.3, -0.25) is 0 Å². The summed E-state index contributed by atoms with van der Waals surface area (Å²) in [5.74, 6) is 0.773. The number of nitrogen functional groups attached to an aromatic ring is 1. The largest absolute Gasteiger partial charge is 0.399 e. The molecule has 0 spiro atoms. The second-order valence-electron chi connectivity index (χ2n) is 5.78. The Labute approximate surface area is 139 Å². The molecule has 4 rings (SSSR count). The van der Waals surface area contributed by atoms with Crippen molar-refractivity contribution < 1.29 is 0 Å². The Morgan fingerprint density at radius 3 is 2.62 bits per heavy atom. The van der Waals surface area contributed by atoms with Crippen molar-refractivity contribution in [2.45, 2.75) is 6.92 Å². The zero-order valence-corrected chi connectivity index (χ0v) is 13.2. The normalized spacial score (nSPS) is 10.9. The second kappa shape index (κ2) is 5.70. The van der Waals surface area contributed by atoms with Gasteiger partial charge in [0.2, 0.25) is 0 Å². The van der Waals surface area contributed by atoms with Crippen LogP contribution in [0.15, 0.2) is 60.9 Å². The smallest absolute Gasteiger partial charge is 0.143 e. The maximum atomic E-state index is 5.88. The summed E-state index contributed by atoms with van der Waals surface area (Å²) in [6, 6.07) is 18.0. The summed E-state index contributed by atoms with van der Waals surface area (Å²) in [7, 11) is 0. The monoisotopic (exact) mass is 315 g/mol. The standard InChI is InChI=1S/C19H17N5/c1-12-5-7-15(8-6-12)23-18-16-10-17(24-19(16)22-11-21-18)13-3-2-4-14(20)9-13/h2-11H,20H2,1H3,(H2,21,22,23,24). The zero-order chi connectivity index (χ0) is 16.5. The van der Waals surface area contributed by atoms with Crippen molar-refractivity contribution in [1.82, 2.24) is 15.0 Å². The van der Waals surface area contributed by atoms with Crippen LogP contribution < -0.4 is 11.1 Å². The number of aromatic nitrogens is 3. The van der Waals surface area contributed by atoms with Crippen molar-refractivity contribution in [3.63, 3.8) is 0 Å². The summed E-state index contributed by atoms with van der Waals surface area (Å²) in [5.41, 5.74) is 11.6. The van der Waals surface area contributed by atoms with E-state index in [1.54, 1.807) is 6.33 Å². The minimum Gasteiger partial charge on any atom is -0.399 e. The molecule has 0 atom stereocenters. The zero-order valence-electron chi connectivity index (χ0n) is 13.2. The molecule has 0 aliphatic rings.